The monoisotopic (exact) mass is 599 g/mol. The lowest BCUT2D eigenvalue weighted by Gasteiger charge is -2.02. The minimum Gasteiger partial charge on any atom is -0.506 e. The van der Waals surface area contributed by atoms with Crippen molar-refractivity contribution in [1.29, 1.82) is 0 Å². The smallest absolute Gasteiger partial charge is 0.314 e. The van der Waals surface area contributed by atoms with Crippen LogP contribution >= 0.6 is 34.8 Å². The Bertz CT molecular complexity index is 1310. The van der Waals surface area contributed by atoms with Crippen molar-refractivity contribution in [3.8, 4) is 23.0 Å². The maximum Gasteiger partial charge on any atom is 0.314 e. The topological polar surface area (TPSA) is 188 Å². The summed E-state index contributed by atoms with van der Waals surface area (Å²) in [5, 5.41) is 48.6. The molecule has 2 N–H and O–H groups in total. The maximum atomic E-state index is 12.8. The molecule has 0 saturated carbocycles. The lowest BCUT2D eigenvalue weighted by Crippen LogP contribution is -1.94. The number of hydrogen-bond donors (Lipinski definition) is 2. The third-order valence-corrected chi connectivity index (χ3v) is 4.97. The predicted octanol–water partition coefficient (Wildman–Crippen LogP) is 6.45. The van der Waals surface area contributed by atoms with Crippen LogP contribution < -0.4 is 9.47 Å². The van der Waals surface area contributed by atoms with E-state index in [4.69, 9.17) is 49.8 Å². The molecule has 3 rings (SSSR count). The summed E-state index contributed by atoms with van der Waals surface area (Å²) in [6.45, 7) is 0. The summed E-state index contributed by atoms with van der Waals surface area (Å²) >= 11 is 16.4. The summed E-state index contributed by atoms with van der Waals surface area (Å²) in [5.74, 6) is -2.79. The van der Waals surface area contributed by atoms with Crippen LogP contribution in [0.1, 0.15) is 0 Å². The molecule has 0 radical (unpaired) electrons. The summed E-state index contributed by atoms with van der Waals surface area (Å²) in [7, 11) is 2.63. The minimum absolute atomic E-state index is 0.00519. The van der Waals surface area contributed by atoms with Gasteiger partial charge in [-0.15, -0.1) is 0 Å². The zero-order chi connectivity index (χ0) is 29.3. The number of ether oxygens (including phenoxy) is 2. The number of aromatic hydroxyl groups is 2. The third-order valence-electron chi connectivity index (χ3n) is 4.08. The molecule has 38 heavy (non-hydrogen) atoms. The molecule has 0 aromatic heterocycles. The molecular formula is C20H14Cl3F2N3O10. The Morgan fingerprint density at radius 2 is 1.00 bits per heavy atom. The van der Waals surface area contributed by atoms with Crippen molar-refractivity contribution >= 4 is 51.9 Å². The molecule has 3 aromatic rings. The van der Waals surface area contributed by atoms with Crippen LogP contribution in [0, 0.1) is 42.0 Å². The van der Waals surface area contributed by atoms with Crippen LogP contribution in [0.5, 0.6) is 23.0 Å². The first-order valence-corrected chi connectivity index (χ1v) is 10.5. The Labute approximate surface area is 225 Å². The van der Waals surface area contributed by atoms with E-state index in [1.54, 1.807) is 0 Å². The van der Waals surface area contributed by atoms with Crippen LogP contribution in [0.2, 0.25) is 15.1 Å². The van der Waals surface area contributed by atoms with Gasteiger partial charge in [0.1, 0.15) is 17.2 Å². The van der Waals surface area contributed by atoms with E-state index in [0.29, 0.717) is 12.1 Å². The Morgan fingerprint density at radius 3 is 1.42 bits per heavy atom. The molecule has 0 spiro atoms. The fourth-order valence-electron chi connectivity index (χ4n) is 2.32. The number of nitro benzene ring substituents is 3. The van der Waals surface area contributed by atoms with Gasteiger partial charge in [0.05, 0.1) is 62.3 Å². The summed E-state index contributed by atoms with van der Waals surface area (Å²) < 4.78 is 34.9. The number of halogens is 5. The van der Waals surface area contributed by atoms with Gasteiger partial charge in [-0.05, 0) is 0 Å². The van der Waals surface area contributed by atoms with E-state index in [9.17, 15) is 39.1 Å². The van der Waals surface area contributed by atoms with Crippen LogP contribution in [0.25, 0.3) is 0 Å². The van der Waals surface area contributed by atoms with E-state index in [0.717, 1.165) is 24.3 Å². The third kappa shape index (κ3) is 8.43. The van der Waals surface area contributed by atoms with Crippen LogP contribution in [-0.2, 0) is 0 Å². The molecule has 0 saturated heterocycles. The van der Waals surface area contributed by atoms with Gasteiger partial charge in [0.15, 0.2) is 5.75 Å². The maximum absolute atomic E-state index is 12.8. The first kappa shape index (κ1) is 31.8. The highest BCUT2D eigenvalue weighted by Gasteiger charge is 2.19. The number of nitro groups is 3. The quantitative estimate of drug-likeness (QED) is 0.243. The number of phenolic OH excluding ortho intramolecular Hbond substituents is 2. The summed E-state index contributed by atoms with van der Waals surface area (Å²) in [4.78, 5) is 28.2. The Kier molecular flexibility index (Phi) is 11.7. The van der Waals surface area contributed by atoms with Crippen molar-refractivity contribution in [2.24, 2.45) is 0 Å². The van der Waals surface area contributed by atoms with Gasteiger partial charge in [-0.3, -0.25) is 30.3 Å². The normalized spacial score (nSPS) is 9.76. The number of nitrogens with zero attached hydrogens (tertiary/aromatic N) is 3. The fourth-order valence-corrected chi connectivity index (χ4v) is 2.93. The van der Waals surface area contributed by atoms with Crippen molar-refractivity contribution in [3.63, 3.8) is 0 Å². The molecule has 0 aliphatic carbocycles. The van der Waals surface area contributed by atoms with Gasteiger partial charge in [-0.2, -0.15) is 8.78 Å². The van der Waals surface area contributed by atoms with Crippen LogP contribution in [0.3, 0.4) is 0 Å². The van der Waals surface area contributed by atoms with Gasteiger partial charge in [-0.25, -0.2) is 0 Å². The second kappa shape index (κ2) is 13.9. The molecule has 0 bridgehead atoms. The largest absolute Gasteiger partial charge is 0.506 e. The van der Waals surface area contributed by atoms with E-state index in [1.807, 2.05) is 0 Å². The molecule has 204 valence electrons. The molecule has 0 fully saturated rings. The highest BCUT2D eigenvalue weighted by Crippen LogP contribution is 2.36. The van der Waals surface area contributed by atoms with Gasteiger partial charge in [0.2, 0.25) is 11.6 Å². The van der Waals surface area contributed by atoms with E-state index < -0.39 is 55.0 Å². The zero-order valence-electron chi connectivity index (χ0n) is 18.9. The number of methoxy groups -OCH3 is 2. The average Bonchev–Trinajstić information content (AvgIpc) is 2.82. The number of hydrogen-bond acceptors (Lipinski definition) is 10. The predicted molar refractivity (Wildman–Crippen MR) is 131 cm³/mol. The highest BCUT2D eigenvalue weighted by atomic mass is 35.5. The average molecular weight is 601 g/mol. The summed E-state index contributed by atoms with van der Waals surface area (Å²) in [6, 6.07) is 5.28. The fraction of sp³-hybridized carbons (Fsp3) is 0.100. The molecular weight excluding hydrogens is 587 g/mol. The van der Waals surface area contributed by atoms with Crippen molar-refractivity contribution < 1.29 is 43.2 Å². The number of phenols is 2. The standard InChI is InChI=1S/C7H5ClFNO3.C7H6ClNO4.C6H3ClFNO3/c1-13-7-3-6(10(11)12)5(9)2-4(7)8;1-13-7-3-5(9(11)12)6(10)2-4(7)8;7-3-1-4(8)5(9(11)12)2-6(3)10/h2-3H,1H3;2-3,10H,1H3;1-2,10H. The lowest BCUT2D eigenvalue weighted by molar-refractivity contribution is -0.387. The molecule has 3 aromatic carbocycles. The minimum atomic E-state index is -1.07. The van der Waals surface area contributed by atoms with Crippen molar-refractivity contribution in [2.45, 2.75) is 0 Å². The zero-order valence-corrected chi connectivity index (χ0v) is 21.1. The summed E-state index contributed by atoms with van der Waals surface area (Å²) in [6.07, 6.45) is 0. The van der Waals surface area contributed by atoms with Gasteiger partial charge >= 0.3 is 17.1 Å². The van der Waals surface area contributed by atoms with Gasteiger partial charge in [-0.1, -0.05) is 34.8 Å². The molecule has 0 unspecified atom stereocenters. The van der Waals surface area contributed by atoms with Crippen LogP contribution in [-0.4, -0.2) is 39.2 Å². The molecule has 18 heteroatoms. The van der Waals surface area contributed by atoms with E-state index in [2.05, 4.69) is 4.74 Å². The number of benzene rings is 3. The molecule has 0 heterocycles. The van der Waals surface area contributed by atoms with Crippen LogP contribution in [0.15, 0.2) is 36.4 Å². The first-order valence-electron chi connectivity index (χ1n) is 9.35. The lowest BCUT2D eigenvalue weighted by atomic mass is 10.3. The highest BCUT2D eigenvalue weighted by molar-refractivity contribution is 6.32. The van der Waals surface area contributed by atoms with Gasteiger partial charge < -0.3 is 19.7 Å². The van der Waals surface area contributed by atoms with Crippen molar-refractivity contribution in [2.75, 3.05) is 14.2 Å². The van der Waals surface area contributed by atoms with E-state index in [1.165, 1.54) is 14.2 Å². The first-order chi connectivity index (χ1) is 17.6. The van der Waals surface area contributed by atoms with Crippen LogP contribution in [0.4, 0.5) is 25.8 Å². The Balaban J connectivity index is 0.000000285. The second-order valence-electron chi connectivity index (χ2n) is 6.44. The molecule has 13 nitrogen and oxygen atoms in total. The molecule has 0 atom stereocenters. The van der Waals surface area contributed by atoms with Crippen molar-refractivity contribution in [1.82, 2.24) is 0 Å². The second-order valence-corrected chi connectivity index (χ2v) is 7.66. The summed E-state index contributed by atoms with van der Waals surface area (Å²) in [5.41, 5.74) is -1.88. The van der Waals surface area contributed by atoms with Gasteiger partial charge in [0, 0.05) is 18.2 Å². The Hall–Kier alpha value is -4.21. The van der Waals surface area contributed by atoms with E-state index >= 15 is 0 Å². The Morgan fingerprint density at radius 1 is 0.632 bits per heavy atom. The molecule has 0 amide bonds. The molecule has 0 aliphatic heterocycles. The van der Waals surface area contributed by atoms with Gasteiger partial charge in [0.25, 0.3) is 0 Å². The molecule has 0 aliphatic rings. The van der Waals surface area contributed by atoms with Crippen molar-refractivity contribution in [3.05, 3.63) is 93.4 Å². The number of rotatable bonds is 5. The SMILES string of the molecule is COc1cc([N+](=O)[O-])c(F)cc1Cl.COc1cc([N+](=O)[O-])c(O)cc1Cl.O=[N+]([O-])c1cc(O)c(Cl)cc1F. The van der Waals surface area contributed by atoms with E-state index in [-0.39, 0.29) is 26.6 Å².